The summed E-state index contributed by atoms with van der Waals surface area (Å²) >= 11 is 0. The van der Waals surface area contributed by atoms with Gasteiger partial charge >= 0.3 is 0 Å². The van der Waals surface area contributed by atoms with Gasteiger partial charge in [-0.2, -0.15) is 10.2 Å². The number of H-pyrrole nitrogens is 1. The lowest BCUT2D eigenvalue weighted by atomic mass is 10.1. The number of hydrogen-bond acceptors (Lipinski definition) is 4. The number of fused-ring (bicyclic) bond motifs is 1. The second-order valence-corrected chi connectivity index (χ2v) is 6.15. The molecular formula is C17H19FN6. The Labute approximate surface area is 139 Å². The highest BCUT2D eigenvalue weighted by molar-refractivity contribution is 5.62. The third-order valence-corrected chi connectivity index (χ3v) is 4.40. The van der Waals surface area contributed by atoms with Gasteiger partial charge in [0.2, 0.25) is 0 Å². The maximum absolute atomic E-state index is 13.1. The number of benzene rings is 1. The molecule has 1 aliphatic rings. The number of rotatable bonds is 4. The summed E-state index contributed by atoms with van der Waals surface area (Å²) < 4.78 is 15.1. The van der Waals surface area contributed by atoms with E-state index in [0.29, 0.717) is 12.6 Å². The molecule has 2 N–H and O–H groups in total. The number of aromatic nitrogens is 5. The number of aromatic amines is 1. The molecule has 0 aliphatic carbocycles. The fourth-order valence-corrected chi connectivity index (χ4v) is 3.17. The van der Waals surface area contributed by atoms with Gasteiger partial charge in [-0.3, -0.25) is 5.10 Å². The molecule has 24 heavy (non-hydrogen) atoms. The van der Waals surface area contributed by atoms with E-state index in [1.165, 1.54) is 12.1 Å². The van der Waals surface area contributed by atoms with Crippen LogP contribution in [0, 0.1) is 12.7 Å². The average Bonchev–Trinajstić information content (AvgIpc) is 3.18. The Morgan fingerprint density at radius 3 is 3.00 bits per heavy atom. The van der Waals surface area contributed by atoms with Gasteiger partial charge in [-0.1, -0.05) is 0 Å². The maximum atomic E-state index is 13.1. The molecule has 0 saturated carbocycles. The minimum Gasteiger partial charge on any atom is -0.308 e. The number of aryl methyl sites for hydroxylation is 2. The highest BCUT2D eigenvalue weighted by atomic mass is 19.1. The van der Waals surface area contributed by atoms with Crippen LogP contribution in [0.15, 0.2) is 30.5 Å². The lowest BCUT2D eigenvalue weighted by Crippen LogP contribution is -2.37. The van der Waals surface area contributed by atoms with Gasteiger partial charge in [0.05, 0.1) is 18.4 Å². The van der Waals surface area contributed by atoms with Crippen LogP contribution in [0.1, 0.15) is 23.6 Å². The summed E-state index contributed by atoms with van der Waals surface area (Å²) in [6, 6.07) is 6.80. The largest absolute Gasteiger partial charge is 0.308 e. The van der Waals surface area contributed by atoms with Gasteiger partial charge in [-0.25, -0.2) is 14.1 Å². The lowest BCUT2D eigenvalue weighted by Gasteiger charge is -2.23. The SMILES string of the molecule is Cc1nc2n(n1)C[C@H](NCc1cn[nH]c1-c1ccc(F)cc1)CC2. The van der Waals surface area contributed by atoms with Crippen LogP contribution in [0.4, 0.5) is 4.39 Å². The van der Waals surface area contributed by atoms with Crippen LogP contribution >= 0.6 is 0 Å². The van der Waals surface area contributed by atoms with Crippen molar-refractivity contribution < 1.29 is 4.39 Å². The maximum Gasteiger partial charge on any atom is 0.147 e. The first-order chi connectivity index (χ1) is 11.7. The monoisotopic (exact) mass is 326 g/mol. The first-order valence-electron chi connectivity index (χ1n) is 8.11. The molecule has 6 nitrogen and oxygen atoms in total. The van der Waals surface area contributed by atoms with E-state index in [-0.39, 0.29) is 5.82 Å². The number of halogens is 1. The van der Waals surface area contributed by atoms with E-state index in [2.05, 4.69) is 25.6 Å². The molecule has 7 heteroatoms. The molecule has 2 aromatic heterocycles. The van der Waals surface area contributed by atoms with E-state index in [0.717, 1.165) is 47.9 Å². The minimum absolute atomic E-state index is 0.237. The highest BCUT2D eigenvalue weighted by Crippen LogP contribution is 2.22. The molecule has 0 spiro atoms. The zero-order valence-corrected chi connectivity index (χ0v) is 13.5. The van der Waals surface area contributed by atoms with Gasteiger partial charge in [0, 0.05) is 30.1 Å². The van der Waals surface area contributed by atoms with E-state index < -0.39 is 0 Å². The average molecular weight is 326 g/mol. The zero-order valence-electron chi connectivity index (χ0n) is 13.5. The molecule has 1 aromatic carbocycles. The fourth-order valence-electron chi connectivity index (χ4n) is 3.17. The van der Waals surface area contributed by atoms with Crippen LogP contribution in [0.25, 0.3) is 11.3 Å². The van der Waals surface area contributed by atoms with Gasteiger partial charge in [0.25, 0.3) is 0 Å². The molecular weight excluding hydrogens is 307 g/mol. The molecule has 124 valence electrons. The van der Waals surface area contributed by atoms with Crippen molar-refractivity contribution in [3.8, 4) is 11.3 Å². The Morgan fingerprint density at radius 1 is 1.33 bits per heavy atom. The third-order valence-electron chi connectivity index (χ3n) is 4.40. The minimum atomic E-state index is -0.237. The molecule has 3 aromatic rings. The molecule has 0 saturated heterocycles. The van der Waals surface area contributed by atoms with Crippen LogP contribution in [0.2, 0.25) is 0 Å². The van der Waals surface area contributed by atoms with Crippen molar-refractivity contribution in [3.05, 3.63) is 53.5 Å². The van der Waals surface area contributed by atoms with Gasteiger partial charge in [0.1, 0.15) is 17.5 Å². The Balaban J connectivity index is 1.44. The lowest BCUT2D eigenvalue weighted by molar-refractivity contribution is 0.358. The molecule has 0 fully saturated rings. The number of nitrogens with one attached hydrogen (secondary N) is 2. The second-order valence-electron chi connectivity index (χ2n) is 6.15. The molecule has 1 aliphatic heterocycles. The van der Waals surface area contributed by atoms with Crippen molar-refractivity contribution in [1.29, 1.82) is 0 Å². The van der Waals surface area contributed by atoms with Crippen LogP contribution < -0.4 is 5.32 Å². The highest BCUT2D eigenvalue weighted by Gasteiger charge is 2.21. The van der Waals surface area contributed by atoms with Crippen LogP contribution in [0.5, 0.6) is 0 Å². The Morgan fingerprint density at radius 2 is 2.17 bits per heavy atom. The molecule has 0 unspecified atom stereocenters. The van der Waals surface area contributed by atoms with E-state index in [4.69, 9.17) is 0 Å². The predicted octanol–water partition coefficient (Wildman–Crippen LogP) is 2.22. The van der Waals surface area contributed by atoms with Gasteiger partial charge in [0.15, 0.2) is 0 Å². The first-order valence-corrected chi connectivity index (χ1v) is 8.11. The van der Waals surface area contributed by atoms with E-state index >= 15 is 0 Å². The fraction of sp³-hybridized carbons (Fsp3) is 0.353. The van der Waals surface area contributed by atoms with E-state index in [1.54, 1.807) is 12.1 Å². The van der Waals surface area contributed by atoms with Gasteiger partial charge < -0.3 is 5.32 Å². The molecule has 3 heterocycles. The molecule has 0 radical (unpaired) electrons. The number of nitrogens with zero attached hydrogens (tertiary/aromatic N) is 4. The van der Waals surface area contributed by atoms with Crippen molar-refractivity contribution in [3.63, 3.8) is 0 Å². The summed E-state index contributed by atoms with van der Waals surface area (Å²) in [5.74, 6) is 1.67. The summed E-state index contributed by atoms with van der Waals surface area (Å²) in [5.41, 5.74) is 2.93. The molecule has 0 amide bonds. The topological polar surface area (TPSA) is 71.4 Å². The molecule has 1 atom stereocenters. The first kappa shape index (κ1) is 15.0. The summed E-state index contributed by atoms with van der Waals surface area (Å²) in [5, 5.41) is 15.2. The standard InChI is InChI=1S/C17H19FN6/c1-11-21-16-7-6-15(10-24(16)23-11)19-8-13-9-20-22-17(13)12-2-4-14(18)5-3-12/h2-5,9,15,19H,6-8,10H2,1H3,(H,20,22)/t15-/m1/s1. The van der Waals surface area contributed by atoms with Crippen LogP contribution in [0.3, 0.4) is 0 Å². The summed E-state index contributed by atoms with van der Waals surface area (Å²) in [4.78, 5) is 4.43. The van der Waals surface area contributed by atoms with Crippen molar-refractivity contribution in [2.75, 3.05) is 0 Å². The normalized spacial score (nSPS) is 17.0. The zero-order chi connectivity index (χ0) is 16.5. The molecule has 0 bridgehead atoms. The van der Waals surface area contributed by atoms with Gasteiger partial charge in [-0.15, -0.1) is 0 Å². The molecule has 4 rings (SSSR count). The quantitative estimate of drug-likeness (QED) is 0.771. The smallest absolute Gasteiger partial charge is 0.147 e. The Bertz CT molecular complexity index is 835. The summed E-state index contributed by atoms with van der Waals surface area (Å²) in [6.45, 7) is 3.46. The van der Waals surface area contributed by atoms with Crippen molar-refractivity contribution in [2.24, 2.45) is 0 Å². The van der Waals surface area contributed by atoms with E-state index in [9.17, 15) is 4.39 Å². The van der Waals surface area contributed by atoms with Crippen LogP contribution in [-0.4, -0.2) is 31.0 Å². The third kappa shape index (κ3) is 2.94. The summed E-state index contributed by atoms with van der Waals surface area (Å²) in [6.07, 6.45) is 3.80. The van der Waals surface area contributed by atoms with Crippen molar-refractivity contribution in [1.82, 2.24) is 30.3 Å². The second kappa shape index (κ2) is 6.16. The Hall–Kier alpha value is -2.54. The van der Waals surface area contributed by atoms with Gasteiger partial charge in [-0.05, 0) is 37.6 Å². The summed E-state index contributed by atoms with van der Waals surface area (Å²) in [7, 11) is 0. The number of hydrogen-bond donors (Lipinski definition) is 2. The van der Waals surface area contributed by atoms with Crippen molar-refractivity contribution >= 4 is 0 Å². The Kier molecular flexibility index (Phi) is 3.86. The predicted molar refractivity (Wildman–Crippen MR) is 87.7 cm³/mol. The van der Waals surface area contributed by atoms with Crippen LogP contribution in [-0.2, 0) is 19.5 Å². The van der Waals surface area contributed by atoms with Crippen molar-refractivity contribution in [2.45, 2.75) is 38.9 Å². The van der Waals surface area contributed by atoms with E-state index in [1.807, 2.05) is 17.8 Å².